The predicted octanol–water partition coefficient (Wildman–Crippen LogP) is 0.461. The van der Waals surface area contributed by atoms with Crippen molar-refractivity contribution in [1.82, 2.24) is 9.62 Å². The summed E-state index contributed by atoms with van der Waals surface area (Å²) in [6.45, 7) is 3.30. The maximum absolute atomic E-state index is 12.4. The summed E-state index contributed by atoms with van der Waals surface area (Å²) >= 11 is 0. The lowest BCUT2D eigenvalue weighted by molar-refractivity contribution is 0.484. The van der Waals surface area contributed by atoms with E-state index in [0.717, 1.165) is 22.7 Å². The summed E-state index contributed by atoms with van der Waals surface area (Å²) in [5, 5.41) is 3.13. The Balaban J connectivity index is 2.91. The second kappa shape index (κ2) is 7.35. The monoisotopic (exact) mass is 334 g/mol. The lowest BCUT2D eigenvalue weighted by atomic mass is 10.2. The first kappa shape index (κ1) is 18.1. The van der Waals surface area contributed by atoms with Crippen molar-refractivity contribution in [2.45, 2.75) is 18.4 Å². The minimum atomic E-state index is -3.67. The first-order valence-electron chi connectivity index (χ1n) is 6.60. The van der Waals surface area contributed by atoms with Crippen LogP contribution in [-0.2, 0) is 26.4 Å². The van der Waals surface area contributed by atoms with Crippen LogP contribution in [0.5, 0.6) is 0 Å². The maximum Gasteiger partial charge on any atom is 0.242 e. The number of rotatable bonds is 8. The highest BCUT2D eigenvalue weighted by atomic mass is 32.2. The average Bonchev–Trinajstić information content (AvgIpc) is 2.42. The fourth-order valence-electron chi connectivity index (χ4n) is 1.68. The van der Waals surface area contributed by atoms with E-state index >= 15 is 0 Å². The van der Waals surface area contributed by atoms with Crippen LogP contribution in [0.1, 0.15) is 12.5 Å². The molecule has 1 rings (SSSR count). The molecule has 0 aliphatic rings. The van der Waals surface area contributed by atoms with Crippen LogP contribution in [0, 0.1) is 0 Å². The van der Waals surface area contributed by atoms with Gasteiger partial charge >= 0.3 is 0 Å². The average molecular weight is 334 g/mol. The zero-order valence-electron chi connectivity index (χ0n) is 12.5. The molecule has 0 unspecified atom stereocenters. The molecule has 1 aromatic carbocycles. The standard InChI is InChI=1S/C13H22N2O4S2/c1-4-14-11-12-6-5-7-13(10-12)21(18,19)15(2)8-9-20(3,16)17/h5-7,10,14H,4,8-9,11H2,1-3H3. The van der Waals surface area contributed by atoms with Gasteiger partial charge in [-0.2, -0.15) is 4.31 Å². The molecule has 0 spiro atoms. The Kier molecular flexibility index (Phi) is 6.33. The largest absolute Gasteiger partial charge is 0.313 e. The van der Waals surface area contributed by atoms with Crippen LogP contribution in [0.25, 0.3) is 0 Å². The third-order valence-electron chi connectivity index (χ3n) is 2.96. The molecule has 1 N–H and O–H groups in total. The van der Waals surface area contributed by atoms with Gasteiger partial charge in [-0.1, -0.05) is 19.1 Å². The zero-order valence-corrected chi connectivity index (χ0v) is 14.2. The van der Waals surface area contributed by atoms with Crippen molar-refractivity contribution in [2.75, 3.05) is 32.1 Å². The van der Waals surface area contributed by atoms with Crippen LogP contribution in [0.4, 0.5) is 0 Å². The highest BCUT2D eigenvalue weighted by Gasteiger charge is 2.21. The molecule has 0 radical (unpaired) electrons. The van der Waals surface area contributed by atoms with E-state index in [1.807, 2.05) is 13.0 Å². The summed E-state index contributed by atoms with van der Waals surface area (Å²) in [7, 11) is -5.48. The Morgan fingerprint density at radius 2 is 1.86 bits per heavy atom. The normalized spacial score (nSPS) is 12.8. The topological polar surface area (TPSA) is 83.6 Å². The molecule has 0 amide bonds. The van der Waals surface area contributed by atoms with Gasteiger partial charge in [-0.05, 0) is 24.2 Å². The van der Waals surface area contributed by atoms with Crippen LogP contribution in [0.3, 0.4) is 0 Å². The van der Waals surface area contributed by atoms with E-state index in [2.05, 4.69) is 5.32 Å². The lowest BCUT2D eigenvalue weighted by Crippen LogP contribution is -2.31. The van der Waals surface area contributed by atoms with Crippen molar-refractivity contribution in [1.29, 1.82) is 0 Å². The van der Waals surface area contributed by atoms with Gasteiger partial charge in [-0.15, -0.1) is 0 Å². The molecule has 0 aromatic heterocycles. The Bertz CT molecular complexity index is 669. The molecule has 6 nitrogen and oxygen atoms in total. The van der Waals surface area contributed by atoms with Crippen molar-refractivity contribution in [3.8, 4) is 0 Å². The van der Waals surface area contributed by atoms with Gasteiger partial charge in [0.25, 0.3) is 0 Å². The molecule has 21 heavy (non-hydrogen) atoms. The Morgan fingerprint density at radius 3 is 2.43 bits per heavy atom. The second-order valence-electron chi connectivity index (χ2n) is 4.88. The number of hydrogen-bond donors (Lipinski definition) is 1. The van der Waals surface area contributed by atoms with Crippen molar-refractivity contribution in [3.63, 3.8) is 0 Å². The number of sulfonamides is 1. The summed E-state index contributed by atoms with van der Waals surface area (Å²) in [5.74, 6) is -0.195. The van der Waals surface area contributed by atoms with Crippen molar-refractivity contribution in [3.05, 3.63) is 29.8 Å². The Morgan fingerprint density at radius 1 is 1.19 bits per heavy atom. The van der Waals surface area contributed by atoms with Gasteiger partial charge in [0.2, 0.25) is 10.0 Å². The van der Waals surface area contributed by atoms with Crippen LogP contribution >= 0.6 is 0 Å². The number of sulfone groups is 1. The molecule has 0 heterocycles. The highest BCUT2D eigenvalue weighted by Crippen LogP contribution is 2.16. The van der Waals surface area contributed by atoms with Gasteiger partial charge in [0.15, 0.2) is 0 Å². The molecule has 8 heteroatoms. The smallest absolute Gasteiger partial charge is 0.242 e. The lowest BCUT2D eigenvalue weighted by Gasteiger charge is -2.17. The van der Waals surface area contributed by atoms with Crippen LogP contribution in [0.15, 0.2) is 29.2 Å². The first-order chi connectivity index (χ1) is 9.66. The molecular weight excluding hydrogens is 312 g/mol. The van der Waals surface area contributed by atoms with E-state index in [-0.39, 0.29) is 17.2 Å². The zero-order chi connectivity index (χ0) is 16.1. The minimum absolute atomic E-state index is 0.0569. The summed E-state index contributed by atoms with van der Waals surface area (Å²) in [5.41, 5.74) is 0.870. The molecule has 0 aliphatic heterocycles. The number of hydrogen-bond acceptors (Lipinski definition) is 5. The van der Waals surface area contributed by atoms with E-state index in [9.17, 15) is 16.8 Å². The molecule has 0 fully saturated rings. The van der Waals surface area contributed by atoms with E-state index in [1.54, 1.807) is 12.1 Å². The molecule has 0 saturated carbocycles. The van der Waals surface area contributed by atoms with Crippen LogP contribution < -0.4 is 5.32 Å². The number of nitrogens with one attached hydrogen (secondary N) is 1. The van der Waals surface area contributed by atoms with E-state index in [0.29, 0.717) is 6.54 Å². The molecular formula is C13H22N2O4S2. The summed E-state index contributed by atoms with van der Waals surface area (Å²) < 4.78 is 48.1. The second-order valence-corrected chi connectivity index (χ2v) is 9.19. The van der Waals surface area contributed by atoms with Crippen molar-refractivity contribution >= 4 is 19.9 Å². The van der Waals surface area contributed by atoms with Crippen LogP contribution in [0.2, 0.25) is 0 Å². The molecule has 0 atom stereocenters. The number of benzene rings is 1. The third kappa shape index (κ3) is 5.74. The molecule has 0 bridgehead atoms. The summed E-state index contributed by atoms with van der Waals surface area (Å²) in [4.78, 5) is 0.175. The summed E-state index contributed by atoms with van der Waals surface area (Å²) in [6.07, 6.45) is 1.09. The SMILES string of the molecule is CCNCc1cccc(S(=O)(=O)N(C)CCS(C)(=O)=O)c1. The molecule has 1 aromatic rings. The fourth-order valence-corrected chi connectivity index (χ4v) is 3.64. The van der Waals surface area contributed by atoms with Crippen LogP contribution in [-0.4, -0.2) is 53.3 Å². The van der Waals surface area contributed by atoms with Gasteiger partial charge in [0.05, 0.1) is 10.6 Å². The summed E-state index contributed by atoms with van der Waals surface area (Å²) in [6, 6.07) is 6.65. The van der Waals surface area contributed by atoms with Gasteiger partial charge in [0.1, 0.15) is 9.84 Å². The fraction of sp³-hybridized carbons (Fsp3) is 0.538. The van der Waals surface area contributed by atoms with E-state index < -0.39 is 19.9 Å². The van der Waals surface area contributed by atoms with Crippen molar-refractivity contribution < 1.29 is 16.8 Å². The predicted molar refractivity (Wildman–Crippen MR) is 83.3 cm³/mol. The quantitative estimate of drug-likeness (QED) is 0.747. The van der Waals surface area contributed by atoms with Gasteiger partial charge in [0, 0.05) is 26.4 Å². The third-order valence-corrected chi connectivity index (χ3v) is 5.74. The Hall–Kier alpha value is -0.960. The minimum Gasteiger partial charge on any atom is -0.313 e. The van der Waals surface area contributed by atoms with E-state index in [4.69, 9.17) is 0 Å². The molecule has 0 saturated heterocycles. The van der Waals surface area contributed by atoms with Crippen molar-refractivity contribution in [2.24, 2.45) is 0 Å². The Labute approximate surface area is 127 Å². The molecule has 0 aliphatic carbocycles. The highest BCUT2D eigenvalue weighted by molar-refractivity contribution is 7.91. The van der Waals surface area contributed by atoms with Gasteiger partial charge in [-0.3, -0.25) is 0 Å². The number of nitrogens with zero attached hydrogens (tertiary/aromatic N) is 1. The first-order valence-corrected chi connectivity index (χ1v) is 10.1. The van der Waals surface area contributed by atoms with Gasteiger partial charge in [-0.25, -0.2) is 16.8 Å². The molecule has 120 valence electrons. The van der Waals surface area contributed by atoms with E-state index in [1.165, 1.54) is 13.1 Å². The van der Waals surface area contributed by atoms with Gasteiger partial charge < -0.3 is 5.32 Å². The maximum atomic E-state index is 12.4.